The summed E-state index contributed by atoms with van der Waals surface area (Å²) >= 11 is 0. The lowest BCUT2D eigenvalue weighted by atomic mass is 10.1. The summed E-state index contributed by atoms with van der Waals surface area (Å²) in [4.78, 5) is 45.0. The van der Waals surface area contributed by atoms with Crippen molar-refractivity contribution in [1.29, 1.82) is 0 Å². The first-order valence-corrected chi connectivity index (χ1v) is 11.7. The molecule has 35 heavy (non-hydrogen) atoms. The minimum absolute atomic E-state index is 0.0607. The monoisotopic (exact) mass is 481 g/mol. The van der Waals surface area contributed by atoms with Gasteiger partial charge in [-0.3, -0.25) is 19.3 Å². The smallest absolute Gasteiger partial charge is 0.257 e. The van der Waals surface area contributed by atoms with Crippen molar-refractivity contribution in [2.45, 2.75) is 19.4 Å². The number of hydrogen-bond donors (Lipinski definition) is 0. The molecule has 2 aromatic rings. The molecule has 9 heteroatoms. The van der Waals surface area contributed by atoms with Gasteiger partial charge in [0.1, 0.15) is 6.04 Å². The van der Waals surface area contributed by atoms with Crippen LogP contribution in [-0.2, 0) is 14.3 Å². The molecule has 2 aromatic carbocycles. The van der Waals surface area contributed by atoms with Crippen molar-refractivity contribution in [3.8, 4) is 11.5 Å². The van der Waals surface area contributed by atoms with Crippen molar-refractivity contribution >= 4 is 23.4 Å². The van der Waals surface area contributed by atoms with E-state index in [1.165, 1.54) is 24.0 Å². The van der Waals surface area contributed by atoms with Crippen LogP contribution in [0, 0.1) is 6.92 Å². The van der Waals surface area contributed by atoms with Gasteiger partial charge in [0.15, 0.2) is 11.5 Å². The maximum atomic E-state index is 13.7. The Bertz CT molecular complexity index is 1080. The zero-order chi connectivity index (χ0) is 24.9. The van der Waals surface area contributed by atoms with E-state index >= 15 is 0 Å². The van der Waals surface area contributed by atoms with Crippen molar-refractivity contribution in [2.24, 2.45) is 0 Å². The Morgan fingerprint density at radius 2 is 1.71 bits per heavy atom. The van der Waals surface area contributed by atoms with Gasteiger partial charge in [0, 0.05) is 31.7 Å². The van der Waals surface area contributed by atoms with E-state index in [-0.39, 0.29) is 18.2 Å². The lowest BCUT2D eigenvalue weighted by Gasteiger charge is -2.32. The highest BCUT2D eigenvalue weighted by atomic mass is 16.5. The van der Waals surface area contributed by atoms with Crippen molar-refractivity contribution in [2.75, 3.05) is 58.5 Å². The van der Waals surface area contributed by atoms with Crippen molar-refractivity contribution in [1.82, 2.24) is 9.80 Å². The lowest BCUT2D eigenvalue weighted by molar-refractivity contribution is -0.122. The summed E-state index contributed by atoms with van der Waals surface area (Å²) in [5.74, 6) is -0.130. The Kier molecular flexibility index (Phi) is 7.67. The predicted molar refractivity (Wildman–Crippen MR) is 130 cm³/mol. The summed E-state index contributed by atoms with van der Waals surface area (Å²) in [6, 6.07) is 11.2. The van der Waals surface area contributed by atoms with Crippen molar-refractivity contribution in [3.63, 3.8) is 0 Å². The Balaban J connectivity index is 1.62. The second-order valence-electron chi connectivity index (χ2n) is 8.65. The molecule has 4 rings (SSSR count). The van der Waals surface area contributed by atoms with Gasteiger partial charge in [-0.25, -0.2) is 4.90 Å². The molecule has 1 unspecified atom stereocenters. The lowest BCUT2D eigenvalue weighted by Crippen LogP contribution is -2.49. The third-order valence-corrected chi connectivity index (χ3v) is 6.44. The van der Waals surface area contributed by atoms with Gasteiger partial charge in [-0.2, -0.15) is 0 Å². The number of benzene rings is 2. The van der Waals surface area contributed by atoms with Crippen molar-refractivity contribution < 1.29 is 28.6 Å². The molecule has 2 aliphatic heterocycles. The van der Waals surface area contributed by atoms with Crippen LogP contribution in [0.1, 0.15) is 22.3 Å². The molecule has 0 N–H and O–H groups in total. The first-order chi connectivity index (χ1) is 16.9. The molecule has 2 aliphatic rings. The fourth-order valence-corrected chi connectivity index (χ4v) is 4.43. The highest BCUT2D eigenvalue weighted by Gasteiger charge is 2.44. The minimum Gasteiger partial charge on any atom is -0.493 e. The Morgan fingerprint density at radius 3 is 2.37 bits per heavy atom. The van der Waals surface area contributed by atoms with E-state index in [2.05, 4.69) is 4.90 Å². The number of ether oxygens (including phenoxy) is 3. The number of imide groups is 1. The van der Waals surface area contributed by atoms with E-state index in [1.54, 1.807) is 30.3 Å². The topological polar surface area (TPSA) is 88.6 Å². The fourth-order valence-electron chi connectivity index (χ4n) is 4.43. The number of rotatable bonds is 8. The predicted octanol–water partition coefficient (Wildman–Crippen LogP) is 2.12. The third-order valence-electron chi connectivity index (χ3n) is 6.44. The average molecular weight is 482 g/mol. The number of amides is 3. The van der Waals surface area contributed by atoms with Gasteiger partial charge in [-0.05, 0) is 37.3 Å². The molecule has 0 bridgehead atoms. The maximum absolute atomic E-state index is 13.7. The van der Waals surface area contributed by atoms with Gasteiger partial charge in [0.2, 0.25) is 5.91 Å². The highest BCUT2D eigenvalue weighted by molar-refractivity contribution is 6.23. The van der Waals surface area contributed by atoms with E-state index in [4.69, 9.17) is 14.2 Å². The first kappa shape index (κ1) is 24.7. The maximum Gasteiger partial charge on any atom is 0.257 e. The van der Waals surface area contributed by atoms with Crippen LogP contribution in [0.15, 0.2) is 42.5 Å². The third kappa shape index (κ3) is 5.31. The number of carbonyl (C=O) groups excluding carboxylic acids is 3. The molecule has 3 amide bonds. The van der Waals surface area contributed by atoms with Crippen molar-refractivity contribution in [3.05, 3.63) is 53.6 Å². The van der Waals surface area contributed by atoms with Gasteiger partial charge in [0.25, 0.3) is 11.8 Å². The molecule has 1 atom stereocenters. The van der Waals surface area contributed by atoms with Crippen LogP contribution in [0.2, 0.25) is 0 Å². The molecule has 0 saturated carbocycles. The zero-order valence-corrected chi connectivity index (χ0v) is 20.4. The first-order valence-electron chi connectivity index (χ1n) is 11.7. The summed E-state index contributed by atoms with van der Waals surface area (Å²) in [5.41, 5.74) is 1.90. The highest BCUT2D eigenvalue weighted by Crippen LogP contribution is 2.30. The molecule has 2 heterocycles. The Hall–Kier alpha value is -3.43. The quantitative estimate of drug-likeness (QED) is 0.534. The van der Waals surface area contributed by atoms with Gasteiger partial charge in [0.05, 0.1) is 39.5 Å². The number of methoxy groups -OCH3 is 2. The molecule has 0 spiro atoms. The van der Waals surface area contributed by atoms with Crippen LogP contribution in [0.4, 0.5) is 5.69 Å². The van der Waals surface area contributed by atoms with E-state index in [1.807, 2.05) is 19.1 Å². The van der Waals surface area contributed by atoms with Gasteiger partial charge >= 0.3 is 0 Å². The number of anilines is 1. The molecular weight excluding hydrogens is 450 g/mol. The Morgan fingerprint density at radius 1 is 1.03 bits per heavy atom. The number of nitrogens with zero attached hydrogens (tertiary/aromatic N) is 3. The molecule has 186 valence electrons. The van der Waals surface area contributed by atoms with Crippen LogP contribution < -0.4 is 14.4 Å². The van der Waals surface area contributed by atoms with Crippen LogP contribution in [-0.4, -0.2) is 87.2 Å². The van der Waals surface area contributed by atoms with E-state index in [0.717, 1.165) is 18.7 Å². The number of morpholine rings is 1. The minimum atomic E-state index is -0.884. The van der Waals surface area contributed by atoms with Crippen LogP contribution in [0.25, 0.3) is 0 Å². The fraction of sp³-hybridized carbons (Fsp3) is 0.423. The van der Waals surface area contributed by atoms with E-state index in [9.17, 15) is 14.4 Å². The second kappa shape index (κ2) is 10.9. The molecule has 0 aromatic heterocycles. The summed E-state index contributed by atoms with van der Waals surface area (Å²) in [7, 11) is 3.03. The molecule has 2 fully saturated rings. The van der Waals surface area contributed by atoms with Gasteiger partial charge in [-0.1, -0.05) is 17.7 Å². The van der Waals surface area contributed by atoms with E-state index < -0.39 is 11.9 Å². The summed E-state index contributed by atoms with van der Waals surface area (Å²) in [5, 5.41) is 0. The number of carbonyl (C=O) groups is 3. The number of hydrogen-bond acceptors (Lipinski definition) is 7. The molecule has 0 radical (unpaired) electrons. The SMILES string of the molecule is COc1ccc(C(=O)N(CCN2CCOCC2)C2CC(=O)N(c3ccc(C)cc3)C2=O)cc1OC. The average Bonchev–Trinajstić information content (AvgIpc) is 3.18. The number of aryl methyl sites for hydroxylation is 1. The largest absolute Gasteiger partial charge is 0.493 e. The van der Waals surface area contributed by atoms with Crippen LogP contribution >= 0.6 is 0 Å². The molecule has 2 saturated heterocycles. The standard InChI is InChI=1S/C26H31N3O6/c1-18-4-7-20(8-5-18)29-24(30)17-21(26(29)32)28(11-10-27-12-14-35-15-13-27)25(31)19-6-9-22(33-2)23(16-19)34-3/h4-9,16,21H,10-15,17H2,1-3H3. The van der Waals surface area contributed by atoms with Gasteiger partial charge in [-0.15, -0.1) is 0 Å². The van der Waals surface area contributed by atoms with Crippen LogP contribution in [0.3, 0.4) is 0 Å². The summed E-state index contributed by atoms with van der Waals surface area (Å²) in [6.07, 6.45) is -0.0607. The second-order valence-corrected chi connectivity index (χ2v) is 8.65. The van der Waals surface area contributed by atoms with Gasteiger partial charge < -0.3 is 19.1 Å². The Labute approximate surface area is 205 Å². The normalized spacial score (nSPS) is 18.6. The molecular formula is C26H31N3O6. The summed E-state index contributed by atoms with van der Waals surface area (Å²) < 4.78 is 16.1. The van der Waals surface area contributed by atoms with Crippen LogP contribution in [0.5, 0.6) is 11.5 Å². The molecule has 0 aliphatic carbocycles. The summed E-state index contributed by atoms with van der Waals surface area (Å²) in [6.45, 7) is 5.59. The zero-order valence-electron chi connectivity index (χ0n) is 20.4. The van der Waals surface area contributed by atoms with E-state index in [0.29, 0.717) is 49.1 Å². The molecule has 9 nitrogen and oxygen atoms in total.